The number of rotatable bonds is 7. The highest BCUT2D eigenvalue weighted by atomic mass is 16.5. The molecule has 0 spiro atoms. The number of hydrogen-bond acceptors (Lipinski definition) is 3. The molecule has 2 atom stereocenters. The zero-order valence-electron chi connectivity index (χ0n) is 18.7. The van der Waals surface area contributed by atoms with Crippen molar-refractivity contribution in [2.75, 3.05) is 33.3 Å². The Morgan fingerprint density at radius 3 is 2.65 bits per heavy atom. The van der Waals surface area contributed by atoms with Crippen LogP contribution in [0.1, 0.15) is 36.0 Å². The number of benzene rings is 2. The second-order valence-corrected chi connectivity index (χ2v) is 8.14. The van der Waals surface area contributed by atoms with E-state index in [0.29, 0.717) is 32.6 Å². The summed E-state index contributed by atoms with van der Waals surface area (Å²) < 4.78 is 5.39. The molecule has 0 radical (unpaired) electrons. The van der Waals surface area contributed by atoms with Gasteiger partial charge in [0.25, 0.3) is 0 Å². The third kappa shape index (κ3) is 6.00. The largest absolute Gasteiger partial charge is 0.496 e. The molecule has 2 aromatic rings. The summed E-state index contributed by atoms with van der Waals surface area (Å²) in [6.45, 7) is 6.14. The average molecular weight is 424 g/mol. The maximum atomic E-state index is 13.0. The Morgan fingerprint density at radius 1 is 1.10 bits per heavy atom. The van der Waals surface area contributed by atoms with Crippen LogP contribution in [-0.2, 0) is 11.2 Å². The fraction of sp³-hybridized carbons (Fsp3) is 0.440. The molecule has 6 nitrogen and oxygen atoms in total. The number of methoxy groups -OCH3 is 1. The van der Waals surface area contributed by atoms with E-state index in [1.54, 1.807) is 12.0 Å². The van der Waals surface area contributed by atoms with Gasteiger partial charge in [0.1, 0.15) is 5.75 Å². The molecule has 6 heteroatoms. The number of piperidine rings is 1. The quantitative estimate of drug-likeness (QED) is 0.716. The second kappa shape index (κ2) is 10.8. The van der Waals surface area contributed by atoms with E-state index in [2.05, 4.69) is 35.8 Å². The fourth-order valence-corrected chi connectivity index (χ4v) is 4.26. The molecule has 1 saturated heterocycles. The van der Waals surface area contributed by atoms with Gasteiger partial charge in [-0.05, 0) is 43.9 Å². The lowest BCUT2D eigenvalue weighted by Gasteiger charge is -2.37. The first-order valence-corrected chi connectivity index (χ1v) is 11.0. The Labute approximate surface area is 185 Å². The van der Waals surface area contributed by atoms with Crippen LogP contribution < -0.4 is 15.4 Å². The molecule has 1 aliphatic rings. The molecule has 1 fully saturated rings. The predicted octanol–water partition coefficient (Wildman–Crippen LogP) is 3.50. The lowest BCUT2D eigenvalue weighted by molar-refractivity contribution is -0.126. The Balaban J connectivity index is 1.67. The van der Waals surface area contributed by atoms with Crippen molar-refractivity contribution in [3.8, 4) is 5.75 Å². The zero-order chi connectivity index (χ0) is 22.2. The molecule has 3 amide bonds. The number of amides is 3. The van der Waals surface area contributed by atoms with Gasteiger partial charge in [-0.1, -0.05) is 48.0 Å². The number of ether oxygens (including phenoxy) is 1. The molecule has 2 N–H and O–H groups in total. The summed E-state index contributed by atoms with van der Waals surface area (Å²) in [5, 5.41) is 5.95. The van der Waals surface area contributed by atoms with E-state index in [4.69, 9.17) is 4.74 Å². The number of nitrogens with one attached hydrogen (secondary N) is 2. The van der Waals surface area contributed by atoms with Crippen LogP contribution in [-0.4, -0.2) is 50.1 Å². The molecule has 0 saturated carbocycles. The van der Waals surface area contributed by atoms with Gasteiger partial charge in [-0.3, -0.25) is 4.79 Å². The summed E-state index contributed by atoms with van der Waals surface area (Å²) in [6.07, 6.45) is 1.43. The van der Waals surface area contributed by atoms with E-state index >= 15 is 0 Å². The van der Waals surface area contributed by atoms with Crippen molar-refractivity contribution in [2.45, 2.75) is 32.6 Å². The minimum atomic E-state index is -0.237. The van der Waals surface area contributed by atoms with Gasteiger partial charge < -0.3 is 20.3 Å². The molecule has 3 rings (SSSR count). The molecule has 0 aliphatic carbocycles. The van der Waals surface area contributed by atoms with Crippen molar-refractivity contribution in [3.63, 3.8) is 0 Å². The Hall–Kier alpha value is -3.02. The lowest BCUT2D eigenvalue weighted by Crippen LogP contribution is -2.51. The van der Waals surface area contributed by atoms with Gasteiger partial charge in [0.05, 0.1) is 13.0 Å². The topological polar surface area (TPSA) is 70.7 Å². The average Bonchev–Trinajstić information content (AvgIpc) is 2.79. The summed E-state index contributed by atoms with van der Waals surface area (Å²) >= 11 is 0. The van der Waals surface area contributed by atoms with Gasteiger partial charge in [-0.25, -0.2) is 4.79 Å². The van der Waals surface area contributed by atoms with Crippen LogP contribution in [0.15, 0.2) is 48.5 Å². The fourth-order valence-electron chi connectivity index (χ4n) is 4.26. The van der Waals surface area contributed by atoms with Crippen molar-refractivity contribution < 1.29 is 14.3 Å². The molecule has 1 aliphatic heterocycles. The molecule has 2 unspecified atom stereocenters. The molecular weight excluding hydrogens is 390 g/mol. The van der Waals surface area contributed by atoms with Gasteiger partial charge in [-0.15, -0.1) is 0 Å². The normalized spacial score (nSPS) is 18.4. The lowest BCUT2D eigenvalue weighted by atomic mass is 9.83. The highest BCUT2D eigenvalue weighted by molar-refractivity contribution is 5.81. The minimum Gasteiger partial charge on any atom is -0.496 e. The van der Waals surface area contributed by atoms with Crippen LogP contribution in [0.3, 0.4) is 0 Å². The number of urea groups is 1. The molecule has 2 aromatic carbocycles. The number of aryl methyl sites for hydroxylation is 1. The van der Waals surface area contributed by atoms with Crippen molar-refractivity contribution in [2.24, 2.45) is 5.92 Å². The van der Waals surface area contributed by atoms with E-state index in [1.807, 2.05) is 37.3 Å². The molecule has 166 valence electrons. The van der Waals surface area contributed by atoms with Gasteiger partial charge in [0.15, 0.2) is 0 Å². The predicted molar refractivity (Wildman–Crippen MR) is 122 cm³/mol. The van der Waals surface area contributed by atoms with Crippen LogP contribution in [0.25, 0.3) is 0 Å². The first-order valence-electron chi connectivity index (χ1n) is 11.0. The van der Waals surface area contributed by atoms with Crippen LogP contribution in [0.4, 0.5) is 4.79 Å². The third-order valence-corrected chi connectivity index (χ3v) is 5.84. The van der Waals surface area contributed by atoms with Gasteiger partial charge in [0.2, 0.25) is 5.91 Å². The Kier molecular flexibility index (Phi) is 7.93. The van der Waals surface area contributed by atoms with Gasteiger partial charge in [0, 0.05) is 32.1 Å². The van der Waals surface area contributed by atoms with E-state index in [-0.39, 0.29) is 23.8 Å². The number of carbonyl (C=O) groups excluding carboxylic acids is 2. The van der Waals surface area contributed by atoms with E-state index in [9.17, 15) is 9.59 Å². The maximum absolute atomic E-state index is 13.0. The molecule has 0 bridgehead atoms. The number of nitrogens with zero attached hydrogens (tertiary/aromatic N) is 1. The van der Waals surface area contributed by atoms with E-state index < -0.39 is 0 Å². The number of hydrogen-bond donors (Lipinski definition) is 2. The number of carbonyl (C=O) groups is 2. The highest BCUT2D eigenvalue weighted by Crippen LogP contribution is 2.31. The minimum absolute atomic E-state index is 0.00143. The zero-order valence-corrected chi connectivity index (χ0v) is 18.7. The van der Waals surface area contributed by atoms with Crippen LogP contribution in [0, 0.1) is 12.8 Å². The van der Waals surface area contributed by atoms with Crippen LogP contribution in [0.2, 0.25) is 0 Å². The summed E-state index contributed by atoms with van der Waals surface area (Å²) in [6, 6.07) is 16.1. The first kappa shape index (κ1) is 22.7. The number of likely N-dealkylation sites (tertiary alicyclic amines) is 1. The van der Waals surface area contributed by atoms with E-state index in [1.165, 1.54) is 11.1 Å². The third-order valence-electron chi connectivity index (χ3n) is 5.84. The summed E-state index contributed by atoms with van der Waals surface area (Å²) in [7, 11) is 1.65. The first-order chi connectivity index (χ1) is 15.0. The summed E-state index contributed by atoms with van der Waals surface area (Å²) in [5.74, 6) is 0.735. The summed E-state index contributed by atoms with van der Waals surface area (Å²) in [4.78, 5) is 27.3. The highest BCUT2D eigenvalue weighted by Gasteiger charge is 2.34. The van der Waals surface area contributed by atoms with Gasteiger partial charge >= 0.3 is 6.03 Å². The van der Waals surface area contributed by atoms with Crippen molar-refractivity contribution in [1.82, 2.24) is 15.5 Å². The molecular formula is C25H33N3O3. The van der Waals surface area contributed by atoms with Crippen LogP contribution in [0.5, 0.6) is 5.75 Å². The monoisotopic (exact) mass is 423 g/mol. The van der Waals surface area contributed by atoms with E-state index in [0.717, 1.165) is 17.7 Å². The van der Waals surface area contributed by atoms with Crippen molar-refractivity contribution >= 4 is 11.9 Å². The number of para-hydroxylation sites is 1. The summed E-state index contributed by atoms with van der Waals surface area (Å²) in [5.41, 5.74) is 3.43. The Morgan fingerprint density at radius 2 is 1.90 bits per heavy atom. The SMILES string of the molecule is CCNC(=O)N1CC(C(=O)NCCc2ccccc2OC)CC(c2cccc(C)c2)C1. The van der Waals surface area contributed by atoms with Crippen LogP contribution >= 0.6 is 0 Å². The second-order valence-electron chi connectivity index (χ2n) is 8.14. The maximum Gasteiger partial charge on any atom is 0.317 e. The molecule has 1 heterocycles. The van der Waals surface area contributed by atoms with Crippen molar-refractivity contribution in [1.29, 1.82) is 0 Å². The smallest absolute Gasteiger partial charge is 0.317 e. The van der Waals surface area contributed by atoms with Gasteiger partial charge in [-0.2, -0.15) is 0 Å². The molecule has 31 heavy (non-hydrogen) atoms. The van der Waals surface area contributed by atoms with Crippen molar-refractivity contribution in [3.05, 3.63) is 65.2 Å². The molecule has 0 aromatic heterocycles. The standard InChI is InChI=1S/C25H33N3O3/c1-4-26-25(30)28-16-21(20-10-7-8-18(2)14-20)15-22(17-28)24(29)27-13-12-19-9-5-6-11-23(19)31-3/h5-11,14,21-22H,4,12-13,15-17H2,1-3H3,(H,26,30)(H,27,29). The Bertz CT molecular complexity index is 899.